The molecule has 1 aliphatic carbocycles. The Morgan fingerprint density at radius 1 is 1.43 bits per heavy atom. The van der Waals surface area contributed by atoms with Crippen molar-refractivity contribution >= 4 is 23.3 Å². The average molecular weight is 318 g/mol. The van der Waals surface area contributed by atoms with Gasteiger partial charge in [0.05, 0.1) is 17.4 Å². The van der Waals surface area contributed by atoms with Gasteiger partial charge < -0.3 is 9.64 Å². The Morgan fingerprint density at radius 3 is 2.91 bits per heavy atom. The van der Waals surface area contributed by atoms with Crippen LogP contribution in [0.15, 0.2) is 18.2 Å². The van der Waals surface area contributed by atoms with Gasteiger partial charge in [-0.25, -0.2) is 0 Å². The lowest BCUT2D eigenvalue weighted by Crippen LogP contribution is -2.37. The van der Waals surface area contributed by atoms with E-state index < -0.39 is 4.92 Å². The number of nitro benzene ring substituents is 1. The summed E-state index contributed by atoms with van der Waals surface area (Å²) in [6, 6.07) is 4.58. The molecule has 122 valence electrons. The van der Waals surface area contributed by atoms with Gasteiger partial charge in [-0.3, -0.25) is 19.7 Å². The SMILES string of the molecule is CCOC(=O)C1CC1CN1C(=O)CCc2cc([N+](=O)[O-])ccc21. The number of amides is 1. The first kappa shape index (κ1) is 15.5. The van der Waals surface area contributed by atoms with Gasteiger partial charge in [-0.15, -0.1) is 0 Å². The van der Waals surface area contributed by atoms with Gasteiger partial charge in [-0.2, -0.15) is 0 Å². The van der Waals surface area contributed by atoms with E-state index in [0.29, 0.717) is 26.0 Å². The quantitative estimate of drug-likeness (QED) is 0.471. The molecular formula is C16H18N2O5. The van der Waals surface area contributed by atoms with Crippen LogP contribution in [-0.4, -0.2) is 30.0 Å². The van der Waals surface area contributed by atoms with Crippen LogP contribution in [0.1, 0.15) is 25.3 Å². The normalized spacial score (nSPS) is 22.5. The van der Waals surface area contributed by atoms with Crippen LogP contribution in [0.2, 0.25) is 0 Å². The number of ether oxygens (including phenoxy) is 1. The highest BCUT2D eigenvalue weighted by molar-refractivity contribution is 5.96. The molecule has 1 saturated carbocycles. The highest BCUT2D eigenvalue weighted by Gasteiger charge is 2.46. The molecule has 1 aromatic carbocycles. The van der Waals surface area contributed by atoms with Crippen molar-refractivity contribution in [2.24, 2.45) is 11.8 Å². The number of aryl methyl sites for hydroxylation is 1. The van der Waals surface area contributed by atoms with Gasteiger partial charge in [0.2, 0.25) is 5.91 Å². The van der Waals surface area contributed by atoms with Crippen molar-refractivity contribution in [3.8, 4) is 0 Å². The average Bonchev–Trinajstić information content (AvgIpc) is 3.29. The first-order chi connectivity index (χ1) is 11.0. The van der Waals surface area contributed by atoms with Crippen molar-refractivity contribution < 1.29 is 19.2 Å². The van der Waals surface area contributed by atoms with Gasteiger partial charge in [-0.1, -0.05) is 0 Å². The third-order valence-electron chi connectivity index (χ3n) is 4.40. The van der Waals surface area contributed by atoms with E-state index in [1.54, 1.807) is 17.9 Å². The number of carbonyl (C=O) groups excluding carboxylic acids is 2. The van der Waals surface area contributed by atoms with Gasteiger partial charge in [0.1, 0.15) is 0 Å². The zero-order chi connectivity index (χ0) is 16.6. The number of benzene rings is 1. The Hall–Kier alpha value is -2.44. The number of rotatable bonds is 5. The lowest BCUT2D eigenvalue weighted by molar-refractivity contribution is -0.384. The fraction of sp³-hybridized carbons (Fsp3) is 0.500. The van der Waals surface area contributed by atoms with Crippen LogP contribution in [0.4, 0.5) is 11.4 Å². The minimum absolute atomic E-state index is 0.000798. The van der Waals surface area contributed by atoms with Crippen LogP contribution in [0.25, 0.3) is 0 Å². The molecule has 0 radical (unpaired) electrons. The fourth-order valence-corrected chi connectivity index (χ4v) is 3.08. The predicted octanol–water partition coefficient (Wildman–Crippen LogP) is 2.07. The van der Waals surface area contributed by atoms with Crippen molar-refractivity contribution in [3.63, 3.8) is 0 Å². The fourth-order valence-electron chi connectivity index (χ4n) is 3.08. The summed E-state index contributed by atoms with van der Waals surface area (Å²) in [6.07, 6.45) is 1.58. The van der Waals surface area contributed by atoms with Crippen molar-refractivity contribution in [1.82, 2.24) is 0 Å². The molecule has 0 bridgehead atoms. The molecule has 1 heterocycles. The summed E-state index contributed by atoms with van der Waals surface area (Å²) in [6.45, 7) is 2.59. The van der Waals surface area contributed by atoms with Crippen LogP contribution in [0.5, 0.6) is 0 Å². The predicted molar refractivity (Wildman–Crippen MR) is 82.0 cm³/mol. The zero-order valence-corrected chi connectivity index (χ0v) is 12.9. The number of esters is 1. The minimum atomic E-state index is -0.432. The molecule has 23 heavy (non-hydrogen) atoms. The molecular weight excluding hydrogens is 300 g/mol. The molecule has 0 aromatic heterocycles. The largest absolute Gasteiger partial charge is 0.466 e. The Labute approximate surface area is 133 Å². The first-order valence-electron chi connectivity index (χ1n) is 7.75. The molecule has 1 aliphatic heterocycles. The van der Waals surface area contributed by atoms with E-state index in [9.17, 15) is 19.7 Å². The summed E-state index contributed by atoms with van der Waals surface area (Å²) >= 11 is 0. The summed E-state index contributed by atoms with van der Waals surface area (Å²) in [7, 11) is 0. The Bertz CT molecular complexity index is 672. The molecule has 0 N–H and O–H groups in total. The van der Waals surface area contributed by atoms with Gasteiger partial charge >= 0.3 is 5.97 Å². The van der Waals surface area contributed by atoms with Crippen LogP contribution >= 0.6 is 0 Å². The third kappa shape index (κ3) is 3.04. The van der Waals surface area contributed by atoms with Crippen molar-refractivity contribution in [2.45, 2.75) is 26.2 Å². The maximum absolute atomic E-state index is 12.2. The molecule has 7 nitrogen and oxygen atoms in total. The number of nitrogens with zero attached hydrogens (tertiary/aromatic N) is 2. The molecule has 1 aromatic rings. The van der Waals surface area contributed by atoms with Gasteiger partial charge in [0.25, 0.3) is 5.69 Å². The van der Waals surface area contributed by atoms with E-state index >= 15 is 0 Å². The first-order valence-corrected chi connectivity index (χ1v) is 7.75. The minimum Gasteiger partial charge on any atom is -0.466 e. The van der Waals surface area contributed by atoms with E-state index in [1.807, 2.05) is 0 Å². The van der Waals surface area contributed by atoms with Crippen LogP contribution in [0.3, 0.4) is 0 Å². The number of nitro groups is 1. The maximum atomic E-state index is 12.2. The summed E-state index contributed by atoms with van der Waals surface area (Å²) in [4.78, 5) is 36.0. The number of hydrogen-bond acceptors (Lipinski definition) is 5. The highest BCUT2D eigenvalue weighted by atomic mass is 16.6. The van der Waals surface area contributed by atoms with E-state index in [-0.39, 0.29) is 29.4 Å². The van der Waals surface area contributed by atoms with Crippen LogP contribution in [-0.2, 0) is 20.7 Å². The monoisotopic (exact) mass is 318 g/mol. The third-order valence-corrected chi connectivity index (χ3v) is 4.40. The lowest BCUT2D eigenvalue weighted by Gasteiger charge is -2.29. The van der Waals surface area contributed by atoms with Gasteiger partial charge in [-0.05, 0) is 37.3 Å². The molecule has 0 spiro atoms. The summed E-state index contributed by atoms with van der Waals surface area (Å²) < 4.78 is 5.01. The van der Waals surface area contributed by atoms with E-state index in [2.05, 4.69) is 0 Å². The van der Waals surface area contributed by atoms with Crippen LogP contribution in [0, 0.1) is 22.0 Å². The number of non-ortho nitro benzene ring substituents is 1. The molecule has 3 rings (SSSR count). The lowest BCUT2D eigenvalue weighted by atomic mass is 10.00. The van der Waals surface area contributed by atoms with Gasteiger partial charge in [0.15, 0.2) is 0 Å². The molecule has 7 heteroatoms. The molecule has 2 aliphatic rings. The second-order valence-electron chi connectivity index (χ2n) is 5.93. The van der Waals surface area contributed by atoms with Crippen molar-refractivity contribution in [2.75, 3.05) is 18.1 Å². The number of fused-ring (bicyclic) bond motifs is 1. The van der Waals surface area contributed by atoms with Crippen LogP contribution < -0.4 is 4.90 Å². The van der Waals surface area contributed by atoms with Gasteiger partial charge in [0, 0.05) is 30.8 Å². The van der Waals surface area contributed by atoms with Crippen molar-refractivity contribution in [3.05, 3.63) is 33.9 Å². The van der Waals surface area contributed by atoms with Crippen molar-refractivity contribution in [1.29, 1.82) is 0 Å². The number of hydrogen-bond donors (Lipinski definition) is 0. The molecule has 2 atom stereocenters. The standard InChI is InChI=1S/C16H18N2O5/c1-2-23-16(20)13-8-11(13)9-17-14-5-4-12(18(21)22)7-10(14)3-6-15(17)19/h4-5,7,11,13H,2-3,6,8-9H2,1H3. The number of anilines is 1. The highest BCUT2D eigenvalue weighted by Crippen LogP contribution is 2.42. The van der Waals surface area contributed by atoms with E-state index in [4.69, 9.17) is 4.74 Å². The number of carbonyl (C=O) groups is 2. The summed E-state index contributed by atoms with van der Waals surface area (Å²) in [5.41, 5.74) is 1.57. The summed E-state index contributed by atoms with van der Waals surface area (Å²) in [5.74, 6) is -0.225. The van der Waals surface area contributed by atoms with E-state index in [1.165, 1.54) is 12.1 Å². The smallest absolute Gasteiger partial charge is 0.309 e. The maximum Gasteiger partial charge on any atom is 0.309 e. The Kier molecular flexibility index (Phi) is 4.02. The second kappa shape index (κ2) is 5.98. The molecule has 1 amide bonds. The topological polar surface area (TPSA) is 89.8 Å². The Morgan fingerprint density at radius 2 is 2.22 bits per heavy atom. The second-order valence-corrected chi connectivity index (χ2v) is 5.93. The zero-order valence-electron chi connectivity index (χ0n) is 12.9. The molecule has 1 fully saturated rings. The molecule has 2 unspecified atom stereocenters. The van der Waals surface area contributed by atoms with E-state index in [0.717, 1.165) is 17.7 Å². The summed E-state index contributed by atoms with van der Waals surface area (Å²) in [5, 5.41) is 10.9. The molecule has 0 saturated heterocycles. The Balaban J connectivity index is 1.75.